The Morgan fingerprint density at radius 1 is 0.846 bits per heavy atom. The number of hydrogen-bond acceptors (Lipinski definition) is 3. The minimum atomic E-state index is -0.454. The Morgan fingerprint density at radius 3 is 1.81 bits per heavy atom. The molecule has 3 nitrogen and oxygen atoms in total. The van der Waals surface area contributed by atoms with Crippen LogP contribution in [0.3, 0.4) is 0 Å². The van der Waals surface area contributed by atoms with Gasteiger partial charge in [-0.1, -0.05) is 74.5 Å². The van der Waals surface area contributed by atoms with Crippen LogP contribution in [0.25, 0.3) is 0 Å². The fourth-order valence-electron chi connectivity index (χ4n) is 3.58. The first-order valence-corrected chi connectivity index (χ1v) is 9.12. The predicted molar refractivity (Wildman–Crippen MR) is 104 cm³/mol. The van der Waals surface area contributed by atoms with Crippen LogP contribution in [0.15, 0.2) is 75.9 Å². The van der Waals surface area contributed by atoms with Crippen molar-refractivity contribution in [2.45, 2.75) is 38.5 Å². The van der Waals surface area contributed by atoms with Crippen LogP contribution in [0.1, 0.15) is 61.0 Å². The van der Waals surface area contributed by atoms with Crippen LogP contribution in [0.2, 0.25) is 0 Å². The molecule has 0 aliphatic heterocycles. The molecule has 2 unspecified atom stereocenters. The van der Waals surface area contributed by atoms with E-state index in [-0.39, 0.29) is 17.6 Å². The second-order valence-electron chi connectivity index (χ2n) is 6.48. The summed E-state index contributed by atoms with van der Waals surface area (Å²) in [5.74, 6) is 0.285. The normalized spacial score (nSPS) is 13.3. The van der Waals surface area contributed by atoms with Crippen molar-refractivity contribution >= 4 is 0 Å². The molecule has 0 aliphatic rings. The van der Waals surface area contributed by atoms with E-state index in [9.17, 15) is 9.90 Å². The highest BCUT2D eigenvalue weighted by atomic mass is 16.4. The second-order valence-corrected chi connectivity index (χ2v) is 6.48. The molecule has 0 saturated carbocycles. The molecular formula is C23H24O3. The molecule has 2 atom stereocenters. The molecule has 3 rings (SSSR count). The Kier molecular flexibility index (Phi) is 5.57. The molecule has 0 spiro atoms. The summed E-state index contributed by atoms with van der Waals surface area (Å²) < 4.78 is 5.69. The summed E-state index contributed by atoms with van der Waals surface area (Å²) in [6.45, 7) is 4.05. The van der Waals surface area contributed by atoms with Gasteiger partial charge < -0.3 is 9.52 Å². The maximum Gasteiger partial charge on any atom is 0.343 e. The quantitative estimate of drug-likeness (QED) is 0.646. The summed E-state index contributed by atoms with van der Waals surface area (Å²) in [6.07, 6.45) is 1.49. The Bertz CT molecular complexity index is 898. The van der Waals surface area contributed by atoms with Gasteiger partial charge in [0, 0.05) is 17.9 Å². The topological polar surface area (TPSA) is 50.4 Å². The molecule has 0 bridgehead atoms. The SMILES string of the molecule is CCC(c1ccccc1)c1cc(O)c(C(CC)c2ccccc2)c(=O)o1. The van der Waals surface area contributed by atoms with Gasteiger partial charge in [-0.15, -0.1) is 0 Å². The van der Waals surface area contributed by atoms with Gasteiger partial charge in [-0.2, -0.15) is 0 Å². The van der Waals surface area contributed by atoms with Crippen LogP contribution in [0.4, 0.5) is 0 Å². The van der Waals surface area contributed by atoms with Gasteiger partial charge in [-0.25, -0.2) is 4.79 Å². The third-order valence-corrected chi connectivity index (χ3v) is 4.90. The lowest BCUT2D eigenvalue weighted by Gasteiger charge is -2.19. The number of hydrogen-bond donors (Lipinski definition) is 1. The zero-order valence-corrected chi connectivity index (χ0v) is 15.2. The highest BCUT2D eigenvalue weighted by Gasteiger charge is 2.24. The fourth-order valence-corrected chi connectivity index (χ4v) is 3.58. The van der Waals surface area contributed by atoms with E-state index in [0.717, 1.165) is 17.5 Å². The third kappa shape index (κ3) is 3.57. The largest absolute Gasteiger partial charge is 0.507 e. The Balaban J connectivity index is 2.05. The van der Waals surface area contributed by atoms with Gasteiger partial charge in [0.05, 0.1) is 5.56 Å². The van der Waals surface area contributed by atoms with E-state index in [0.29, 0.717) is 17.7 Å². The van der Waals surface area contributed by atoms with Crippen LogP contribution in [0, 0.1) is 0 Å². The van der Waals surface area contributed by atoms with Crippen LogP contribution >= 0.6 is 0 Å². The van der Waals surface area contributed by atoms with Gasteiger partial charge in [0.25, 0.3) is 0 Å². The molecule has 2 aromatic carbocycles. The van der Waals surface area contributed by atoms with E-state index >= 15 is 0 Å². The van der Waals surface area contributed by atoms with Crippen molar-refractivity contribution in [3.8, 4) is 5.75 Å². The van der Waals surface area contributed by atoms with Crippen LogP contribution in [-0.4, -0.2) is 5.11 Å². The summed E-state index contributed by atoms with van der Waals surface area (Å²) in [4.78, 5) is 12.8. The zero-order valence-electron chi connectivity index (χ0n) is 15.2. The molecule has 26 heavy (non-hydrogen) atoms. The molecule has 0 amide bonds. The van der Waals surface area contributed by atoms with Crippen molar-refractivity contribution in [2.24, 2.45) is 0 Å². The molecule has 1 N–H and O–H groups in total. The molecule has 3 aromatic rings. The average molecular weight is 348 g/mol. The Labute approximate surface area is 153 Å². The van der Waals surface area contributed by atoms with Crippen LogP contribution in [-0.2, 0) is 0 Å². The monoisotopic (exact) mass is 348 g/mol. The second kappa shape index (κ2) is 8.05. The van der Waals surface area contributed by atoms with E-state index in [1.54, 1.807) is 6.07 Å². The summed E-state index contributed by atoms with van der Waals surface area (Å²) in [5.41, 5.74) is 1.95. The minimum absolute atomic E-state index is 0.0151. The lowest BCUT2D eigenvalue weighted by atomic mass is 9.88. The first-order valence-electron chi connectivity index (χ1n) is 9.12. The Hall–Kier alpha value is -2.81. The van der Waals surface area contributed by atoms with Gasteiger partial charge in [0.15, 0.2) is 0 Å². The molecule has 134 valence electrons. The number of aromatic hydroxyl groups is 1. The summed E-state index contributed by atoms with van der Waals surface area (Å²) >= 11 is 0. The lowest BCUT2D eigenvalue weighted by molar-refractivity contribution is 0.394. The maximum atomic E-state index is 12.8. The summed E-state index contributed by atoms with van der Waals surface area (Å²) in [7, 11) is 0. The summed E-state index contributed by atoms with van der Waals surface area (Å²) in [6, 6.07) is 21.3. The smallest absolute Gasteiger partial charge is 0.343 e. The van der Waals surface area contributed by atoms with Crippen molar-refractivity contribution in [1.29, 1.82) is 0 Å². The van der Waals surface area contributed by atoms with Gasteiger partial charge in [0.2, 0.25) is 0 Å². The van der Waals surface area contributed by atoms with Gasteiger partial charge in [-0.3, -0.25) is 0 Å². The van der Waals surface area contributed by atoms with Crippen molar-refractivity contribution in [3.63, 3.8) is 0 Å². The van der Waals surface area contributed by atoms with Crippen molar-refractivity contribution in [3.05, 3.63) is 99.6 Å². The van der Waals surface area contributed by atoms with Crippen LogP contribution in [0.5, 0.6) is 5.75 Å². The van der Waals surface area contributed by atoms with Gasteiger partial charge in [-0.05, 0) is 24.0 Å². The first kappa shape index (κ1) is 18.0. The van der Waals surface area contributed by atoms with E-state index < -0.39 is 5.63 Å². The molecule has 0 aliphatic carbocycles. The van der Waals surface area contributed by atoms with Crippen molar-refractivity contribution in [2.75, 3.05) is 0 Å². The lowest BCUT2D eigenvalue weighted by Crippen LogP contribution is -2.16. The van der Waals surface area contributed by atoms with Crippen LogP contribution < -0.4 is 5.63 Å². The zero-order chi connectivity index (χ0) is 18.5. The molecular weight excluding hydrogens is 324 g/mol. The molecule has 0 fully saturated rings. The Morgan fingerprint density at radius 2 is 1.35 bits per heavy atom. The molecule has 1 heterocycles. The van der Waals surface area contributed by atoms with Gasteiger partial charge in [0.1, 0.15) is 11.5 Å². The number of rotatable bonds is 6. The molecule has 1 aromatic heterocycles. The number of benzene rings is 2. The van der Waals surface area contributed by atoms with Crippen molar-refractivity contribution in [1.82, 2.24) is 0 Å². The molecule has 3 heteroatoms. The highest BCUT2D eigenvalue weighted by molar-refractivity contribution is 5.41. The first-order chi connectivity index (χ1) is 12.7. The standard InChI is InChI=1S/C23H24O3/c1-3-18(16-11-7-5-8-12-16)21-15-20(24)22(23(25)26-21)19(4-2)17-13-9-6-10-14-17/h5-15,18-19,24H,3-4H2,1-2H3. The van der Waals surface area contributed by atoms with E-state index in [1.165, 1.54) is 0 Å². The maximum absolute atomic E-state index is 12.8. The minimum Gasteiger partial charge on any atom is -0.507 e. The van der Waals surface area contributed by atoms with E-state index in [4.69, 9.17) is 4.42 Å². The van der Waals surface area contributed by atoms with E-state index in [1.807, 2.05) is 74.5 Å². The average Bonchev–Trinajstić information content (AvgIpc) is 2.67. The fraction of sp³-hybridized carbons (Fsp3) is 0.261. The van der Waals surface area contributed by atoms with Crippen molar-refractivity contribution < 1.29 is 9.52 Å². The predicted octanol–water partition coefficient (Wildman–Crippen LogP) is 5.43. The molecule has 0 saturated heterocycles. The summed E-state index contributed by atoms with van der Waals surface area (Å²) in [5, 5.41) is 10.7. The van der Waals surface area contributed by atoms with Gasteiger partial charge >= 0.3 is 5.63 Å². The van der Waals surface area contributed by atoms with E-state index in [2.05, 4.69) is 0 Å². The third-order valence-electron chi connectivity index (χ3n) is 4.90. The highest BCUT2D eigenvalue weighted by Crippen LogP contribution is 2.35. The molecule has 0 radical (unpaired) electrons.